The first kappa shape index (κ1) is 12.5. The normalized spacial score (nSPS) is 15.3. The summed E-state index contributed by atoms with van der Waals surface area (Å²) in [5.41, 5.74) is 6.30. The van der Waals surface area contributed by atoms with E-state index in [-0.39, 0.29) is 0 Å². The van der Waals surface area contributed by atoms with Gasteiger partial charge in [-0.1, -0.05) is 25.4 Å². The van der Waals surface area contributed by atoms with E-state index >= 15 is 0 Å². The van der Waals surface area contributed by atoms with Crippen LogP contribution >= 0.6 is 11.6 Å². The summed E-state index contributed by atoms with van der Waals surface area (Å²) in [5.74, 6) is 1.59. The van der Waals surface area contributed by atoms with Crippen LogP contribution in [0.4, 0.5) is 11.5 Å². The lowest BCUT2D eigenvalue weighted by atomic mass is 10.1. The zero-order valence-corrected chi connectivity index (χ0v) is 11.2. The highest BCUT2D eigenvalue weighted by Gasteiger charge is 2.30. The second-order valence-electron chi connectivity index (χ2n) is 5.18. The molecule has 4 heteroatoms. The molecule has 0 amide bonds. The molecule has 3 nitrogen and oxygen atoms in total. The van der Waals surface area contributed by atoms with Gasteiger partial charge in [0.1, 0.15) is 5.82 Å². The van der Waals surface area contributed by atoms with Crippen molar-refractivity contribution in [3.63, 3.8) is 0 Å². The Balaban J connectivity index is 2.14. The molecule has 1 fully saturated rings. The minimum Gasteiger partial charge on any atom is -0.397 e. The molecule has 0 aliphatic heterocycles. The van der Waals surface area contributed by atoms with Crippen LogP contribution in [0.15, 0.2) is 12.3 Å². The van der Waals surface area contributed by atoms with Gasteiger partial charge in [0.05, 0.1) is 16.9 Å². The van der Waals surface area contributed by atoms with Gasteiger partial charge >= 0.3 is 0 Å². The summed E-state index contributed by atoms with van der Waals surface area (Å²) in [6.07, 6.45) is 5.35. The van der Waals surface area contributed by atoms with Gasteiger partial charge in [0, 0.05) is 12.6 Å². The zero-order chi connectivity index (χ0) is 12.4. The third-order valence-corrected chi connectivity index (χ3v) is 3.33. The summed E-state index contributed by atoms with van der Waals surface area (Å²) in [5, 5.41) is 0.667. The van der Waals surface area contributed by atoms with Crippen molar-refractivity contribution in [1.82, 2.24) is 4.98 Å². The molecule has 2 rings (SSSR count). The van der Waals surface area contributed by atoms with Crippen LogP contribution in [0.1, 0.15) is 33.1 Å². The largest absolute Gasteiger partial charge is 0.397 e. The summed E-state index contributed by atoms with van der Waals surface area (Å²) in [6.45, 7) is 5.51. The molecule has 2 N–H and O–H groups in total. The van der Waals surface area contributed by atoms with E-state index in [4.69, 9.17) is 17.3 Å². The quantitative estimate of drug-likeness (QED) is 0.875. The van der Waals surface area contributed by atoms with Crippen molar-refractivity contribution in [3.8, 4) is 0 Å². The lowest BCUT2D eigenvalue weighted by molar-refractivity contribution is 0.568. The number of nitrogens with two attached hydrogens (primary N) is 1. The van der Waals surface area contributed by atoms with Crippen LogP contribution in [0.5, 0.6) is 0 Å². The van der Waals surface area contributed by atoms with Crippen molar-refractivity contribution in [1.29, 1.82) is 0 Å². The standard InChI is InChI=1S/C13H20ClN3/c1-9(2)5-6-17(11-3-4-11)13-12(14)7-10(15)8-16-13/h7-9,11H,3-6,15H2,1-2H3. The second kappa shape index (κ2) is 5.13. The van der Waals surface area contributed by atoms with Gasteiger partial charge in [-0.15, -0.1) is 0 Å². The molecule has 17 heavy (non-hydrogen) atoms. The van der Waals surface area contributed by atoms with Crippen molar-refractivity contribution in [2.75, 3.05) is 17.2 Å². The Bertz CT molecular complexity index is 388. The lowest BCUT2D eigenvalue weighted by Gasteiger charge is -2.25. The molecule has 0 radical (unpaired) electrons. The van der Waals surface area contributed by atoms with E-state index in [1.165, 1.54) is 19.3 Å². The molecule has 0 atom stereocenters. The maximum Gasteiger partial charge on any atom is 0.147 e. The van der Waals surface area contributed by atoms with E-state index in [1.807, 2.05) is 0 Å². The highest BCUT2D eigenvalue weighted by molar-refractivity contribution is 6.33. The molecular formula is C13H20ClN3. The first-order chi connectivity index (χ1) is 8.08. The lowest BCUT2D eigenvalue weighted by Crippen LogP contribution is -2.28. The third-order valence-electron chi connectivity index (χ3n) is 3.05. The molecule has 94 valence electrons. The SMILES string of the molecule is CC(C)CCN(c1ncc(N)cc1Cl)C1CC1. The number of rotatable bonds is 5. The maximum atomic E-state index is 6.23. The minimum atomic E-state index is 0.623. The number of hydrogen-bond donors (Lipinski definition) is 1. The van der Waals surface area contributed by atoms with E-state index in [0.29, 0.717) is 22.7 Å². The van der Waals surface area contributed by atoms with E-state index in [2.05, 4.69) is 23.7 Å². The van der Waals surface area contributed by atoms with Crippen LogP contribution in [0.2, 0.25) is 5.02 Å². The van der Waals surface area contributed by atoms with Gasteiger partial charge in [-0.05, 0) is 31.2 Å². The van der Waals surface area contributed by atoms with Crippen molar-refractivity contribution >= 4 is 23.1 Å². The van der Waals surface area contributed by atoms with Crippen LogP contribution < -0.4 is 10.6 Å². The monoisotopic (exact) mass is 253 g/mol. The van der Waals surface area contributed by atoms with Gasteiger partial charge < -0.3 is 10.6 Å². The van der Waals surface area contributed by atoms with E-state index < -0.39 is 0 Å². The van der Waals surface area contributed by atoms with E-state index in [1.54, 1.807) is 12.3 Å². The van der Waals surface area contributed by atoms with Crippen molar-refractivity contribution in [2.45, 2.75) is 39.2 Å². The van der Waals surface area contributed by atoms with Crippen molar-refractivity contribution < 1.29 is 0 Å². The summed E-state index contributed by atoms with van der Waals surface area (Å²) >= 11 is 6.23. The van der Waals surface area contributed by atoms with Crippen LogP contribution in [-0.4, -0.2) is 17.6 Å². The van der Waals surface area contributed by atoms with E-state index in [9.17, 15) is 0 Å². The Kier molecular flexibility index (Phi) is 3.77. The van der Waals surface area contributed by atoms with Gasteiger partial charge in [-0.3, -0.25) is 0 Å². The second-order valence-corrected chi connectivity index (χ2v) is 5.59. The summed E-state index contributed by atoms with van der Waals surface area (Å²) < 4.78 is 0. The Hall–Kier alpha value is -0.960. The molecule has 0 spiro atoms. The smallest absolute Gasteiger partial charge is 0.147 e. The maximum absolute atomic E-state index is 6.23. The number of halogens is 1. The van der Waals surface area contributed by atoms with Gasteiger partial charge in [-0.2, -0.15) is 0 Å². The zero-order valence-electron chi connectivity index (χ0n) is 10.5. The first-order valence-electron chi connectivity index (χ1n) is 6.25. The number of aromatic nitrogens is 1. The fraction of sp³-hybridized carbons (Fsp3) is 0.615. The number of nitrogen functional groups attached to an aromatic ring is 1. The molecule has 1 saturated carbocycles. The Morgan fingerprint density at radius 2 is 2.24 bits per heavy atom. The fourth-order valence-electron chi connectivity index (χ4n) is 1.90. The molecule has 1 aliphatic carbocycles. The molecule has 1 aliphatic rings. The van der Waals surface area contributed by atoms with Gasteiger partial charge in [-0.25, -0.2) is 4.98 Å². The third kappa shape index (κ3) is 3.25. The average Bonchev–Trinajstić information content (AvgIpc) is 3.04. The van der Waals surface area contributed by atoms with Gasteiger partial charge in [0.15, 0.2) is 0 Å². The highest BCUT2D eigenvalue weighted by Crippen LogP contribution is 2.35. The topological polar surface area (TPSA) is 42.2 Å². The Morgan fingerprint density at radius 3 is 2.76 bits per heavy atom. The molecule has 1 aromatic rings. The van der Waals surface area contributed by atoms with Crippen LogP contribution in [-0.2, 0) is 0 Å². The number of hydrogen-bond acceptors (Lipinski definition) is 3. The van der Waals surface area contributed by atoms with Crippen LogP contribution in [0.3, 0.4) is 0 Å². The van der Waals surface area contributed by atoms with Crippen molar-refractivity contribution in [3.05, 3.63) is 17.3 Å². The average molecular weight is 254 g/mol. The number of pyridine rings is 1. The van der Waals surface area contributed by atoms with E-state index in [0.717, 1.165) is 12.4 Å². The molecular weight excluding hydrogens is 234 g/mol. The summed E-state index contributed by atoms with van der Waals surface area (Å²) in [7, 11) is 0. The van der Waals surface area contributed by atoms with Crippen LogP contribution in [0.25, 0.3) is 0 Å². The van der Waals surface area contributed by atoms with Gasteiger partial charge in [0.25, 0.3) is 0 Å². The number of nitrogens with zero attached hydrogens (tertiary/aromatic N) is 2. The minimum absolute atomic E-state index is 0.623. The first-order valence-corrected chi connectivity index (χ1v) is 6.63. The Morgan fingerprint density at radius 1 is 1.53 bits per heavy atom. The molecule has 1 heterocycles. The molecule has 0 unspecified atom stereocenters. The predicted octanol–water partition coefficient (Wildman–Crippen LogP) is 3.33. The van der Waals surface area contributed by atoms with Crippen LogP contribution in [0, 0.1) is 5.92 Å². The molecule has 0 saturated heterocycles. The van der Waals surface area contributed by atoms with Gasteiger partial charge in [0.2, 0.25) is 0 Å². The summed E-state index contributed by atoms with van der Waals surface area (Å²) in [6, 6.07) is 2.41. The van der Waals surface area contributed by atoms with Crippen molar-refractivity contribution in [2.24, 2.45) is 5.92 Å². The predicted molar refractivity (Wildman–Crippen MR) is 73.5 cm³/mol. The number of anilines is 2. The fourth-order valence-corrected chi connectivity index (χ4v) is 2.19. The summed E-state index contributed by atoms with van der Waals surface area (Å²) in [4.78, 5) is 6.72. The Labute approximate surface area is 108 Å². The molecule has 0 aromatic carbocycles. The highest BCUT2D eigenvalue weighted by atomic mass is 35.5. The molecule has 0 bridgehead atoms. The molecule has 1 aromatic heterocycles.